The SMILES string of the molecule is CCNC(c1cnccn1)C1(N(CC)CC)CCCC1. The Hall–Kier alpha value is -1.00. The van der Waals surface area contributed by atoms with Crippen molar-refractivity contribution < 1.29 is 0 Å². The van der Waals surface area contributed by atoms with Crippen molar-refractivity contribution in [3.05, 3.63) is 24.3 Å². The number of nitrogens with one attached hydrogen (secondary N) is 1. The van der Waals surface area contributed by atoms with Crippen molar-refractivity contribution in [2.24, 2.45) is 0 Å². The van der Waals surface area contributed by atoms with Gasteiger partial charge in [0, 0.05) is 17.9 Å². The Morgan fingerprint density at radius 1 is 1.20 bits per heavy atom. The number of rotatable bonds is 7. The number of likely N-dealkylation sites (N-methyl/N-ethyl adjacent to an activating group) is 2. The molecule has 20 heavy (non-hydrogen) atoms. The summed E-state index contributed by atoms with van der Waals surface area (Å²) in [6.07, 6.45) is 10.6. The van der Waals surface area contributed by atoms with Gasteiger partial charge in [-0.05, 0) is 32.5 Å². The Bertz CT molecular complexity index is 383. The standard InChI is InChI=1S/C16H28N4/c1-4-18-15(14-13-17-11-12-19-14)16(9-7-8-10-16)20(5-2)6-3/h11-13,15,18H,4-10H2,1-3H3. The average molecular weight is 276 g/mol. The van der Waals surface area contributed by atoms with E-state index in [1.54, 1.807) is 6.20 Å². The molecule has 1 aliphatic carbocycles. The summed E-state index contributed by atoms with van der Waals surface area (Å²) in [6, 6.07) is 0.281. The quantitative estimate of drug-likeness (QED) is 0.831. The van der Waals surface area contributed by atoms with Crippen molar-refractivity contribution in [2.75, 3.05) is 19.6 Å². The molecule has 112 valence electrons. The molecule has 1 N–H and O–H groups in total. The van der Waals surface area contributed by atoms with Crippen molar-refractivity contribution in [2.45, 2.75) is 58.0 Å². The smallest absolute Gasteiger partial charge is 0.0775 e. The molecule has 1 aromatic rings. The number of aromatic nitrogens is 2. The Morgan fingerprint density at radius 3 is 2.40 bits per heavy atom. The summed E-state index contributed by atoms with van der Waals surface area (Å²) in [7, 11) is 0. The van der Waals surface area contributed by atoms with Gasteiger partial charge in [-0.1, -0.05) is 33.6 Å². The first-order chi connectivity index (χ1) is 9.78. The fraction of sp³-hybridized carbons (Fsp3) is 0.750. The molecule has 4 nitrogen and oxygen atoms in total. The summed E-state index contributed by atoms with van der Waals surface area (Å²) < 4.78 is 0. The number of nitrogens with zero attached hydrogens (tertiary/aromatic N) is 3. The van der Waals surface area contributed by atoms with Gasteiger partial charge < -0.3 is 5.32 Å². The third-order valence-corrected chi connectivity index (χ3v) is 4.69. The topological polar surface area (TPSA) is 41.1 Å². The molecule has 0 amide bonds. The van der Waals surface area contributed by atoms with E-state index in [1.807, 2.05) is 12.4 Å². The lowest BCUT2D eigenvalue weighted by atomic mass is 9.84. The van der Waals surface area contributed by atoms with E-state index in [2.05, 4.69) is 41.0 Å². The van der Waals surface area contributed by atoms with E-state index >= 15 is 0 Å². The predicted molar refractivity (Wildman–Crippen MR) is 82.6 cm³/mol. The third-order valence-electron chi connectivity index (χ3n) is 4.69. The molecule has 0 bridgehead atoms. The first-order valence-electron chi connectivity index (χ1n) is 8.02. The van der Waals surface area contributed by atoms with Crippen LogP contribution in [0.25, 0.3) is 0 Å². The zero-order valence-electron chi connectivity index (χ0n) is 13.1. The van der Waals surface area contributed by atoms with E-state index in [0.717, 1.165) is 25.3 Å². The van der Waals surface area contributed by atoms with E-state index in [1.165, 1.54) is 25.7 Å². The lowest BCUT2D eigenvalue weighted by molar-refractivity contribution is 0.0615. The molecule has 0 saturated heterocycles. The lowest BCUT2D eigenvalue weighted by Crippen LogP contribution is -2.55. The van der Waals surface area contributed by atoms with Crippen LogP contribution in [0.1, 0.15) is 58.2 Å². The molecule has 0 aromatic carbocycles. The summed E-state index contributed by atoms with van der Waals surface area (Å²) in [5.74, 6) is 0. The molecule has 1 heterocycles. The second kappa shape index (κ2) is 7.14. The maximum atomic E-state index is 4.59. The van der Waals surface area contributed by atoms with E-state index in [9.17, 15) is 0 Å². The van der Waals surface area contributed by atoms with Crippen LogP contribution in [0.4, 0.5) is 0 Å². The van der Waals surface area contributed by atoms with Gasteiger partial charge >= 0.3 is 0 Å². The van der Waals surface area contributed by atoms with Crippen LogP contribution in [-0.4, -0.2) is 40.0 Å². The van der Waals surface area contributed by atoms with Crippen molar-refractivity contribution in [3.8, 4) is 0 Å². The summed E-state index contributed by atoms with van der Waals surface area (Å²) in [4.78, 5) is 11.5. The van der Waals surface area contributed by atoms with Crippen molar-refractivity contribution in [3.63, 3.8) is 0 Å². The van der Waals surface area contributed by atoms with Crippen molar-refractivity contribution >= 4 is 0 Å². The molecule has 2 rings (SSSR count). The van der Waals surface area contributed by atoms with Crippen LogP contribution in [0.15, 0.2) is 18.6 Å². The van der Waals surface area contributed by atoms with Gasteiger partial charge in [0.05, 0.1) is 17.9 Å². The van der Waals surface area contributed by atoms with E-state index in [-0.39, 0.29) is 11.6 Å². The minimum Gasteiger partial charge on any atom is -0.307 e. The molecule has 0 aliphatic heterocycles. The lowest BCUT2D eigenvalue weighted by Gasteiger charge is -2.46. The predicted octanol–water partition coefficient (Wildman–Crippen LogP) is 2.78. The van der Waals surface area contributed by atoms with Crippen LogP contribution < -0.4 is 5.32 Å². The monoisotopic (exact) mass is 276 g/mol. The van der Waals surface area contributed by atoms with Crippen LogP contribution in [0.2, 0.25) is 0 Å². The highest BCUT2D eigenvalue weighted by Gasteiger charge is 2.45. The maximum Gasteiger partial charge on any atom is 0.0775 e. The Balaban J connectivity index is 2.37. The van der Waals surface area contributed by atoms with Crippen LogP contribution in [0.5, 0.6) is 0 Å². The number of hydrogen-bond donors (Lipinski definition) is 1. The molecule has 0 radical (unpaired) electrons. The van der Waals surface area contributed by atoms with Gasteiger partial charge in [0.1, 0.15) is 0 Å². The van der Waals surface area contributed by atoms with Crippen LogP contribution in [0, 0.1) is 0 Å². The van der Waals surface area contributed by atoms with Gasteiger partial charge in [-0.25, -0.2) is 0 Å². The molecular weight excluding hydrogens is 248 g/mol. The van der Waals surface area contributed by atoms with E-state index in [4.69, 9.17) is 0 Å². The molecule has 1 atom stereocenters. The first-order valence-corrected chi connectivity index (χ1v) is 8.02. The summed E-state index contributed by atoms with van der Waals surface area (Å²) in [5, 5.41) is 3.69. The largest absolute Gasteiger partial charge is 0.307 e. The highest BCUT2D eigenvalue weighted by Crippen LogP contribution is 2.43. The molecule has 1 aromatic heterocycles. The Morgan fingerprint density at radius 2 is 1.90 bits per heavy atom. The minimum absolute atomic E-state index is 0.204. The Labute approximate surface area is 123 Å². The normalized spacial score (nSPS) is 19.4. The zero-order valence-corrected chi connectivity index (χ0v) is 13.1. The second-order valence-corrected chi connectivity index (χ2v) is 5.60. The highest BCUT2D eigenvalue weighted by atomic mass is 15.2. The van der Waals surface area contributed by atoms with Crippen LogP contribution in [0.3, 0.4) is 0 Å². The highest BCUT2D eigenvalue weighted by molar-refractivity contribution is 5.15. The summed E-state index contributed by atoms with van der Waals surface area (Å²) in [5.41, 5.74) is 1.29. The molecule has 1 unspecified atom stereocenters. The fourth-order valence-electron chi connectivity index (χ4n) is 3.86. The van der Waals surface area contributed by atoms with Crippen LogP contribution >= 0.6 is 0 Å². The average Bonchev–Trinajstić information content (AvgIpc) is 2.97. The molecule has 4 heteroatoms. The van der Waals surface area contributed by atoms with Gasteiger partial charge in [-0.2, -0.15) is 0 Å². The minimum atomic E-state index is 0.204. The third kappa shape index (κ3) is 2.86. The van der Waals surface area contributed by atoms with Crippen LogP contribution in [-0.2, 0) is 0 Å². The zero-order chi connectivity index (χ0) is 14.4. The van der Waals surface area contributed by atoms with Gasteiger partial charge in [0.25, 0.3) is 0 Å². The molecule has 1 fully saturated rings. The molecular formula is C16H28N4. The van der Waals surface area contributed by atoms with Crippen molar-refractivity contribution in [1.29, 1.82) is 0 Å². The van der Waals surface area contributed by atoms with E-state index < -0.39 is 0 Å². The number of hydrogen-bond acceptors (Lipinski definition) is 4. The van der Waals surface area contributed by atoms with Gasteiger partial charge in [-0.3, -0.25) is 14.9 Å². The maximum absolute atomic E-state index is 4.59. The first kappa shape index (κ1) is 15.4. The summed E-state index contributed by atoms with van der Waals surface area (Å²) >= 11 is 0. The van der Waals surface area contributed by atoms with Gasteiger partial charge in [0.2, 0.25) is 0 Å². The van der Waals surface area contributed by atoms with Crippen molar-refractivity contribution in [1.82, 2.24) is 20.2 Å². The van der Waals surface area contributed by atoms with Gasteiger partial charge in [-0.15, -0.1) is 0 Å². The molecule has 1 saturated carbocycles. The van der Waals surface area contributed by atoms with Gasteiger partial charge in [0.15, 0.2) is 0 Å². The Kier molecular flexibility index (Phi) is 5.49. The second-order valence-electron chi connectivity index (χ2n) is 5.60. The molecule has 0 spiro atoms. The van der Waals surface area contributed by atoms with E-state index in [0.29, 0.717) is 0 Å². The summed E-state index contributed by atoms with van der Waals surface area (Å²) in [6.45, 7) is 9.86. The molecule has 1 aliphatic rings. The fourth-order valence-corrected chi connectivity index (χ4v) is 3.86.